The number of carbonyl (C=O) groups is 6. The highest BCUT2D eigenvalue weighted by atomic mass is 19.4. The molecule has 288 valence electrons. The van der Waals surface area contributed by atoms with Crippen molar-refractivity contribution in [2.75, 3.05) is 13.1 Å². The molecule has 1 aromatic heterocycles. The van der Waals surface area contributed by atoms with Gasteiger partial charge in [0, 0.05) is 31.9 Å². The van der Waals surface area contributed by atoms with Crippen LogP contribution in [0.5, 0.6) is 0 Å². The third kappa shape index (κ3) is 11.6. The summed E-state index contributed by atoms with van der Waals surface area (Å²) in [4.78, 5) is 90.4. The van der Waals surface area contributed by atoms with Gasteiger partial charge in [-0.05, 0) is 48.9 Å². The van der Waals surface area contributed by atoms with Crippen LogP contribution in [-0.4, -0.2) is 93.6 Å². The van der Waals surface area contributed by atoms with E-state index in [0.29, 0.717) is 19.3 Å². The summed E-state index contributed by atoms with van der Waals surface area (Å²) >= 11 is 0. The van der Waals surface area contributed by atoms with Gasteiger partial charge in [0.05, 0.1) is 12.2 Å². The van der Waals surface area contributed by atoms with Crippen molar-refractivity contribution in [3.05, 3.63) is 36.9 Å². The van der Waals surface area contributed by atoms with Gasteiger partial charge in [0.2, 0.25) is 23.5 Å². The number of likely N-dealkylation sites (tertiary alicyclic amines) is 1. The SMILES string of the molecule is C=CCNC(=O)C(=O)C(CCC(F)(F)F)NC(=O)[C@@H]1C(C(C)C)CCN1C(=O)[C@@H](NC(=O)[C@@H](NC(=O)c1cnccn1)C1CCCCC1)C(C)(C)C. The molecule has 1 aliphatic heterocycles. The highest BCUT2D eigenvalue weighted by molar-refractivity contribution is 6.38. The number of nitrogens with one attached hydrogen (secondary N) is 4. The molecule has 2 unspecified atom stereocenters. The molecule has 3 rings (SSSR count). The van der Waals surface area contributed by atoms with Crippen molar-refractivity contribution in [2.24, 2.45) is 23.2 Å². The predicted octanol–water partition coefficient (Wildman–Crippen LogP) is 3.26. The quantitative estimate of drug-likeness (QED) is 0.157. The van der Waals surface area contributed by atoms with Crippen LogP contribution in [0.4, 0.5) is 13.2 Å². The number of ketones is 1. The van der Waals surface area contributed by atoms with Gasteiger partial charge in [-0.2, -0.15) is 13.2 Å². The maximum absolute atomic E-state index is 14.5. The Bertz CT molecular complexity index is 1440. The predicted molar refractivity (Wildman–Crippen MR) is 185 cm³/mol. The van der Waals surface area contributed by atoms with Gasteiger partial charge < -0.3 is 26.2 Å². The van der Waals surface area contributed by atoms with Crippen molar-refractivity contribution >= 4 is 35.3 Å². The molecular formula is C36H52F3N7O6. The fourth-order valence-corrected chi connectivity index (χ4v) is 6.88. The summed E-state index contributed by atoms with van der Waals surface area (Å²) in [6.45, 7) is 12.3. The summed E-state index contributed by atoms with van der Waals surface area (Å²) in [5.74, 6) is -5.92. The summed E-state index contributed by atoms with van der Waals surface area (Å²) in [6, 6.07) is -5.21. The van der Waals surface area contributed by atoms with Crippen LogP contribution in [-0.2, 0) is 24.0 Å². The van der Waals surface area contributed by atoms with E-state index in [1.54, 1.807) is 20.8 Å². The zero-order valence-electron chi connectivity index (χ0n) is 30.6. The van der Waals surface area contributed by atoms with Crippen LogP contribution < -0.4 is 21.3 Å². The maximum Gasteiger partial charge on any atom is 0.389 e. The minimum absolute atomic E-state index is 0.0235. The zero-order chi connectivity index (χ0) is 38.8. The monoisotopic (exact) mass is 735 g/mol. The molecular weight excluding hydrogens is 683 g/mol. The van der Waals surface area contributed by atoms with E-state index in [1.165, 1.54) is 29.6 Å². The smallest absolute Gasteiger partial charge is 0.346 e. The molecule has 1 aliphatic carbocycles. The Morgan fingerprint density at radius 1 is 0.981 bits per heavy atom. The van der Waals surface area contributed by atoms with Crippen LogP contribution in [0.25, 0.3) is 0 Å². The van der Waals surface area contributed by atoms with Crippen molar-refractivity contribution in [1.29, 1.82) is 0 Å². The Labute approximate surface area is 302 Å². The number of aromatic nitrogens is 2. The lowest BCUT2D eigenvalue weighted by molar-refractivity contribution is -0.148. The standard InChI is InChI=1S/C36H52F3N7O6/c1-7-16-42-33(51)28(47)24(13-15-36(37,38)39)43-32(50)27-23(21(2)3)14-19-46(27)34(52)29(35(4,5)6)45-31(49)26(22-11-9-8-10-12-22)44-30(48)25-20-40-17-18-41-25/h7,17-18,20-24,26-27,29H,1,8-16,19H2,2-6H3,(H,42,51)(H,43,50)(H,44,48)(H,45,49)/t23?,24?,26-,27-,29+/m0/s1. The summed E-state index contributed by atoms with van der Waals surface area (Å²) in [6.07, 6.45) is 2.79. The van der Waals surface area contributed by atoms with E-state index < -0.39 is 89.8 Å². The normalized spacial score (nSPS) is 20.0. The third-order valence-corrected chi connectivity index (χ3v) is 9.72. The number of carbonyl (C=O) groups excluding carboxylic acids is 6. The molecule has 16 heteroatoms. The van der Waals surface area contributed by atoms with Crippen LogP contribution in [0.2, 0.25) is 0 Å². The topological polar surface area (TPSA) is 180 Å². The first kappa shape index (κ1) is 42.0. The van der Waals surface area contributed by atoms with Gasteiger partial charge in [0.25, 0.3) is 11.8 Å². The second-order valence-corrected chi connectivity index (χ2v) is 15.0. The number of amides is 5. The minimum Gasteiger partial charge on any atom is -0.346 e. The molecule has 4 N–H and O–H groups in total. The molecule has 2 heterocycles. The van der Waals surface area contributed by atoms with E-state index in [0.717, 1.165) is 19.3 Å². The average Bonchev–Trinajstić information content (AvgIpc) is 3.55. The summed E-state index contributed by atoms with van der Waals surface area (Å²) < 4.78 is 39.7. The summed E-state index contributed by atoms with van der Waals surface area (Å²) in [5, 5.41) is 10.3. The highest BCUT2D eigenvalue weighted by Gasteiger charge is 2.48. The molecule has 2 fully saturated rings. The number of halogens is 3. The molecule has 0 bridgehead atoms. The molecule has 0 radical (unpaired) electrons. The minimum atomic E-state index is -4.67. The molecule has 5 amide bonds. The van der Waals surface area contributed by atoms with Crippen LogP contribution in [0.15, 0.2) is 31.2 Å². The highest BCUT2D eigenvalue weighted by Crippen LogP contribution is 2.34. The molecule has 0 aromatic carbocycles. The number of alkyl halides is 3. The van der Waals surface area contributed by atoms with Gasteiger partial charge in [-0.1, -0.05) is 60.0 Å². The summed E-state index contributed by atoms with van der Waals surface area (Å²) in [5.41, 5.74) is -0.875. The van der Waals surface area contributed by atoms with Crippen molar-refractivity contribution in [3.63, 3.8) is 0 Å². The lowest BCUT2D eigenvalue weighted by atomic mass is 9.82. The van der Waals surface area contributed by atoms with E-state index in [2.05, 4.69) is 37.8 Å². The second kappa shape index (κ2) is 18.4. The molecule has 52 heavy (non-hydrogen) atoms. The first-order valence-corrected chi connectivity index (χ1v) is 17.8. The molecule has 1 saturated heterocycles. The van der Waals surface area contributed by atoms with Gasteiger partial charge in [-0.25, -0.2) is 4.98 Å². The van der Waals surface area contributed by atoms with Crippen LogP contribution in [0.3, 0.4) is 0 Å². The van der Waals surface area contributed by atoms with E-state index in [-0.39, 0.29) is 30.6 Å². The van der Waals surface area contributed by atoms with Crippen LogP contribution in [0.1, 0.15) is 96.5 Å². The second-order valence-electron chi connectivity index (χ2n) is 15.0. The van der Waals surface area contributed by atoms with Crippen molar-refractivity contribution in [1.82, 2.24) is 36.1 Å². The Hall–Kier alpha value is -4.37. The third-order valence-electron chi connectivity index (χ3n) is 9.72. The van der Waals surface area contributed by atoms with E-state index >= 15 is 0 Å². The molecule has 1 aromatic rings. The van der Waals surface area contributed by atoms with Gasteiger partial charge in [0.15, 0.2) is 0 Å². The van der Waals surface area contributed by atoms with Gasteiger partial charge in [0.1, 0.15) is 23.8 Å². The molecule has 1 saturated carbocycles. The molecule has 2 aliphatic rings. The van der Waals surface area contributed by atoms with E-state index in [9.17, 15) is 41.9 Å². The Kier molecular flexibility index (Phi) is 14.9. The van der Waals surface area contributed by atoms with Gasteiger partial charge >= 0.3 is 6.18 Å². The number of hydrogen-bond acceptors (Lipinski definition) is 8. The fraction of sp³-hybridized carbons (Fsp3) is 0.667. The lowest BCUT2D eigenvalue weighted by Crippen LogP contribution is -2.62. The number of Topliss-reactive ketones (excluding diaryl/α,β-unsaturated/α-hetero) is 1. The number of rotatable bonds is 15. The zero-order valence-corrected chi connectivity index (χ0v) is 30.6. The van der Waals surface area contributed by atoms with Crippen molar-refractivity contribution < 1.29 is 41.9 Å². The van der Waals surface area contributed by atoms with Crippen LogP contribution >= 0.6 is 0 Å². The van der Waals surface area contributed by atoms with Crippen molar-refractivity contribution in [2.45, 2.75) is 116 Å². The fourth-order valence-electron chi connectivity index (χ4n) is 6.88. The first-order chi connectivity index (χ1) is 24.4. The lowest BCUT2D eigenvalue weighted by Gasteiger charge is -2.38. The summed E-state index contributed by atoms with van der Waals surface area (Å²) in [7, 11) is 0. The molecule has 0 spiro atoms. The van der Waals surface area contributed by atoms with Crippen molar-refractivity contribution in [3.8, 4) is 0 Å². The largest absolute Gasteiger partial charge is 0.389 e. The Morgan fingerprint density at radius 3 is 2.21 bits per heavy atom. The maximum atomic E-state index is 14.5. The Morgan fingerprint density at radius 2 is 1.65 bits per heavy atom. The average molecular weight is 736 g/mol. The first-order valence-electron chi connectivity index (χ1n) is 17.8. The van der Waals surface area contributed by atoms with E-state index in [1.807, 2.05) is 13.8 Å². The van der Waals surface area contributed by atoms with Gasteiger partial charge in [-0.3, -0.25) is 33.8 Å². The number of hydrogen-bond donors (Lipinski definition) is 4. The van der Waals surface area contributed by atoms with E-state index in [4.69, 9.17) is 0 Å². The number of nitrogens with zero attached hydrogens (tertiary/aromatic N) is 3. The van der Waals surface area contributed by atoms with Crippen LogP contribution in [0, 0.1) is 23.2 Å². The Balaban J connectivity index is 1.91. The van der Waals surface area contributed by atoms with Gasteiger partial charge in [-0.15, -0.1) is 6.58 Å². The molecule has 5 atom stereocenters. The molecule has 13 nitrogen and oxygen atoms in total.